The van der Waals surface area contributed by atoms with E-state index >= 15 is 0 Å². The third-order valence-corrected chi connectivity index (χ3v) is 1.99. The highest BCUT2D eigenvalue weighted by Crippen LogP contribution is 2.16. The maximum absolute atomic E-state index is 5.72. The minimum Gasteiger partial charge on any atom is -0.213 e. The first-order valence-corrected chi connectivity index (χ1v) is 4.56. The smallest absolute Gasteiger partial charge is 0.183 e. The number of hydrogen-bond acceptors (Lipinski definition) is 3. The maximum atomic E-state index is 5.72. The molecule has 1 aromatic carbocycles. The van der Waals surface area contributed by atoms with Crippen molar-refractivity contribution in [2.45, 2.75) is 6.92 Å². The van der Waals surface area contributed by atoms with Crippen LogP contribution in [0.3, 0.4) is 0 Å². The summed E-state index contributed by atoms with van der Waals surface area (Å²) in [5.74, 6) is 0.557. The average molecular weight is 206 g/mol. The molecule has 1 heterocycles. The van der Waals surface area contributed by atoms with Crippen LogP contribution in [0.1, 0.15) is 5.56 Å². The predicted octanol–water partition coefficient (Wildman–Crippen LogP) is 2.50. The van der Waals surface area contributed by atoms with E-state index < -0.39 is 0 Å². The summed E-state index contributed by atoms with van der Waals surface area (Å²) in [6, 6.07) is 7.89. The van der Waals surface area contributed by atoms with E-state index in [4.69, 9.17) is 11.6 Å². The van der Waals surface area contributed by atoms with Gasteiger partial charge in [0.2, 0.25) is 0 Å². The fraction of sp³-hybridized carbons (Fsp3) is 0.100. The molecule has 0 unspecified atom stereocenters. The Hall–Kier alpha value is -1.48. The van der Waals surface area contributed by atoms with Crippen LogP contribution in [-0.2, 0) is 0 Å². The molecule has 0 aliphatic carbocycles. The highest BCUT2D eigenvalue weighted by Gasteiger charge is 2.01. The van der Waals surface area contributed by atoms with Gasteiger partial charge in [0.05, 0.1) is 6.20 Å². The van der Waals surface area contributed by atoms with Crippen molar-refractivity contribution in [2.75, 3.05) is 0 Å². The van der Waals surface area contributed by atoms with Gasteiger partial charge < -0.3 is 0 Å². The normalized spacial score (nSPS) is 10.1. The monoisotopic (exact) mass is 205 g/mol. The van der Waals surface area contributed by atoms with Crippen molar-refractivity contribution in [1.82, 2.24) is 15.2 Å². The fourth-order valence-electron chi connectivity index (χ4n) is 1.19. The quantitative estimate of drug-likeness (QED) is 0.718. The Labute approximate surface area is 86.8 Å². The van der Waals surface area contributed by atoms with Crippen molar-refractivity contribution in [3.63, 3.8) is 0 Å². The molecule has 3 nitrogen and oxygen atoms in total. The van der Waals surface area contributed by atoms with Crippen LogP contribution in [0.15, 0.2) is 30.5 Å². The number of rotatable bonds is 1. The van der Waals surface area contributed by atoms with E-state index in [0.29, 0.717) is 11.0 Å². The van der Waals surface area contributed by atoms with E-state index in [1.54, 1.807) is 0 Å². The van der Waals surface area contributed by atoms with Gasteiger partial charge in [0.25, 0.3) is 0 Å². The first kappa shape index (κ1) is 9.09. The van der Waals surface area contributed by atoms with Gasteiger partial charge in [0.15, 0.2) is 11.0 Å². The summed E-state index contributed by atoms with van der Waals surface area (Å²) < 4.78 is 0. The van der Waals surface area contributed by atoms with Crippen LogP contribution in [0, 0.1) is 6.92 Å². The Morgan fingerprint density at radius 2 is 2.14 bits per heavy atom. The summed E-state index contributed by atoms with van der Waals surface area (Å²) in [5.41, 5.74) is 2.09. The van der Waals surface area contributed by atoms with Gasteiger partial charge in [-0.1, -0.05) is 35.4 Å². The number of aryl methyl sites for hydroxylation is 1. The Kier molecular flexibility index (Phi) is 2.41. The summed E-state index contributed by atoms with van der Waals surface area (Å²) in [6.07, 6.45) is 1.42. The second kappa shape index (κ2) is 3.72. The molecule has 0 aliphatic heterocycles. The SMILES string of the molecule is Cc1cccc(-c2nncc(Cl)n2)c1. The van der Waals surface area contributed by atoms with E-state index in [1.807, 2.05) is 31.2 Å². The third kappa shape index (κ3) is 1.88. The van der Waals surface area contributed by atoms with E-state index in [-0.39, 0.29) is 0 Å². The second-order valence-electron chi connectivity index (χ2n) is 2.97. The standard InChI is InChI=1S/C10H8ClN3/c1-7-3-2-4-8(5-7)10-13-9(11)6-12-14-10/h2-6H,1H3. The molecule has 70 valence electrons. The summed E-state index contributed by atoms with van der Waals surface area (Å²) in [6.45, 7) is 2.02. The van der Waals surface area contributed by atoms with Crippen molar-refractivity contribution in [3.05, 3.63) is 41.2 Å². The molecular formula is C10H8ClN3. The molecule has 0 saturated heterocycles. The minimum absolute atomic E-state index is 0.358. The van der Waals surface area contributed by atoms with Crippen LogP contribution in [0.2, 0.25) is 5.15 Å². The van der Waals surface area contributed by atoms with Crippen molar-refractivity contribution in [3.8, 4) is 11.4 Å². The molecule has 0 amide bonds. The molecule has 0 radical (unpaired) electrons. The van der Waals surface area contributed by atoms with Crippen molar-refractivity contribution in [1.29, 1.82) is 0 Å². The van der Waals surface area contributed by atoms with Crippen LogP contribution in [-0.4, -0.2) is 15.2 Å². The summed E-state index contributed by atoms with van der Waals surface area (Å²) in [4.78, 5) is 4.08. The Balaban J connectivity index is 2.49. The summed E-state index contributed by atoms with van der Waals surface area (Å²) in [7, 11) is 0. The van der Waals surface area contributed by atoms with E-state index in [0.717, 1.165) is 11.1 Å². The van der Waals surface area contributed by atoms with Gasteiger partial charge in [-0.15, -0.1) is 5.10 Å². The lowest BCUT2D eigenvalue weighted by Crippen LogP contribution is -1.91. The van der Waals surface area contributed by atoms with Gasteiger partial charge in [-0.05, 0) is 13.0 Å². The summed E-state index contributed by atoms with van der Waals surface area (Å²) in [5, 5.41) is 8.01. The fourth-order valence-corrected chi connectivity index (χ4v) is 1.31. The van der Waals surface area contributed by atoms with Crippen LogP contribution in [0.25, 0.3) is 11.4 Å². The highest BCUT2D eigenvalue weighted by molar-refractivity contribution is 6.29. The molecular weight excluding hydrogens is 198 g/mol. The number of halogens is 1. The summed E-state index contributed by atoms with van der Waals surface area (Å²) >= 11 is 5.72. The molecule has 4 heteroatoms. The lowest BCUT2D eigenvalue weighted by atomic mass is 10.1. The van der Waals surface area contributed by atoms with Crippen LogP contribution >= 0.6 is 11.6 Å². The van der Waals surface area contributed by atoms with Gasteiger partial charge in [-0.2, -0.15) is 5.10 Å². The molecule has 1 aromatic heterocycles. The molecule has 2 rings (SSSR count). The van der Waals surface area contributed by atoms with E-state index in [1.165, 1.54) is 6.20 Å². The van der Waals surface area contributed by atoms with Crippen LogP contribution in [0.4, 0.5) is 0 Å². The Morgan fingerprint density at radius 3 is 2.86 bits per heavy atom. The topological polar surface area (TPSA) is 38.7 Å². The van der Waals surface area contributed by atoms with Gasteiger partial charge in [-0.25, -0.2) is 4.98 Å². The molecule has 2 aromatic rings. The van der Waals surface area contributed by atoms with E-state index in [9.17, 15) is 0 Å². The highest BCUT2D eigenvalue weighted by atomic mass is 35.5. The largest absolute Gasteiger partial charge is 0.213 e. The van der Waals surface area contributed by atoms with Crippen LogP contribution < -0.4 is 0 Å². The first-order chi connectivity index (χ1) is 6.75. The number of nitrogens with zero attached hydrogens (tertiary/aromatic N) is 3. The zero-order valence-electron chi connectivity index (χ0n) is 7.61. The number of benzene rings is 1. The third-order valence-electron chi connectivity index (χ3n) is 1.81. The van der Waals surface area contributed by atoms with Gasteiger partial charge in [0, 0.05) is 5.56 Å². The average Bonchev–Trinajstić information content (AvgIpc) is 2.18. The van der Waals surface area contributed by atoms with Crippen molar-refractivity contribution >= 4 is 11.6 Å². The molecule has 0 aliphatic rings. The number of hydrogen-bond donors (Lipinski definition) is 0. The lowest BCUT2D eigenvalue weighted by Gasteiger charge is -1.99. The predicted molar refractivity (Wildman–Crippen MR) is 55.0 cm³/mol. The first-order valence-electron chi connectivity index (χ1n) is 4.18. The molecule has 0 atom stereocenters. The molecule has 0 spiro atoms. The van der Waals surface area contributed by atoms with Crippen molar-refractivity contribution in [2.24, 2.45) is 0 Å². The van der Waals surface area contributed by atoms with Crippen LogP contribution in [0.5, 0.6) is 0 Å². The minimum atomic E-state index is 0.358. The zero-order valence-corrected chi connectivity index (χ0v) is 8.36. The van der Waals surface area contributed by atoms with E-state index in [2.05, 4.69) is 15.2 Å². The number of aromatic nitrogens is 3. The second-order valence-corrected chi connectivity index (χ2v) is 3.36. The molecule has 0 N–H and O–H groups in total. The van der Waals surface area contributed by atoms with Crippen molar-refractivity contribution < 1.29 is 0 Å². The maximum Gasteiger partial charge on any atom is 0.183 e. The molecule has 0 bridgehead atoms. The van der Waals surface area contributed by atoms with Gasteiger partial charge in [0.1, 0.15) is 0 Å². The van der Waals surface area contributed by atoms with Gasteiger partial charge >= 0.3 is 0 Å². The molecule has 0 saturated carbocycles. The molecule has 0 fully saturated rings. The Bertz CT molecular complexity index is 413. The van der Waals surface area contributed by atoms with Gasteiger partial charge in [-0.3, -0.25) is 0 Å². The zero-order chi connectivity index (χ0) is 9.97. The molecule has 14 heavy (non-hydrogen) atoms. The Morgan fingerprint density at radius 1 is 1.29 bits per heavy atom. The lowest BCUT2D eigenvalue weighted by molar-refractivity contribution is 0.980.